The SMILES string of the molecule is CNc1ccc(-c2nnc(N3CCCCC3)s2)cc1. The molecule has 0 spiro atoms. The molecule has 1 aromatic carbocycles. The van der Waals surface area contributed by atoms with E-state index in [1.807, 2.05) is 7.05 Å². The summed E-state index contributed by atoms with van der Waals surface area (Å²) in [5.41, 5.74) is 2.25. The molecule has 1 aliphatic rings. The topological polar surface area (TPSA) is 41.1 Å². The average molecular weight is 274 g/mol. The standard InChI is InChI=1S/C14H18N4S/c1-15-12-7-5-11(6-8-12)13-16-17-14(19-13)18-9-3-2-4-10-18/h5-8,15H,2-4,9-10H2,1H3. The Morgan fingerprint density at radius 3 is 2.47 bits per heavy atom. The van der Waals surface area contributed by atoms with Gasteiger partial charge < -0.3 is 10.2 Å². The van der Waals surface area contributed by atoms with Crippen molar-refractivity contribution in [2.45, 2.75) is 19.3 Å². The van der Waals surface area contributed by atoms with Crippen molar-refractivity contribution < 1.29 is 0 Å². The summed E-state index contributed by atoms with van der Waals surface area (Å²) in [6, 6.07) is 8.31. The molecule has 1 saturated heterocycles. The Hall–Kier alpha value is -1.62. The second-order valence-electron chi connectivity index (χ2n) is 4.76. The molecule has 4 nitrogen and oxygen atoms in total. The zero-order chi connectivity index (χ0) is 13.1. The van der Waals surface area contributed by atoms with E-state index in [9.17, 15) is 0 Å². The Morgan fingerprint density at radius 1 is 1.05 bits per heavy atom. The van der Waals surface area contributed by atoms with Gasteiger partial charge >= 0.3 is 0 Å². The first kappa shape index (κ1) is 12.4. The molecule has 19 heavy (non-hydrogen) atoms. The first-order chi connectivity index (χ1) is 9.36. The van der Waals surface area contributed by atoms with Gasteiger partial charge in [0.1, 0.15) is 5.01 Å². The predicted octanol–water partition coefficient (Wildman–Crippen LogP) is 3.24. The van der Waals surface area contributed by atoms with Gasteiger partial charge in [-0.05, 0) is 43.5 Å². The minimum absolute atomic E-state index is 1.00. The van der Waals surface area contributed by atoms with Crippen LogP contribution in [0.15, 0.2) is 24.3 Å². The lowest BCUT2D eigenvalue weighted by atomic mass is 10.1. The van der Waals surface area contributed by atoms with E-state index in [1.54, 1.807) is 11.3 Å². The zero-order valence-corrected chi connectivity index (χ0v) is 11.9. The molecule has 1 N–H and O–H groups in total. The summed E-state index contributed by atoms with van der Waals surface area (Å²) in [5.74, 6) is 0. The quantitative estimate of drug-likeness (QED) is 0.933. The number of rotatable bonds is 3. The van der Waals surface area contributed by atoms with Crippen LogP contribution in [0.2, 0.25) is 0 Å². The third kappa shape index (κ3) is 2.71. The monoisotopic (exact) mass is 274 g/mol. The minimum atomic E-state index is 1.00. The van der Waals surface area contributed by atoms with Crippen LogP contribution in [0.5, 0.6) is 0 Å². The molecule has 1 fully saturated rings. The first-order valence-electron chi connectivity index (χ1n) is 6.73. The summed E-state index contributed by atoms with van der Waals surface area (Å²) in [4.78, 5) is 2.35. The van der Waals surface area contributed by atoms with E-state index < -0.39 is 0 Å². The molecule has 0 atom stereocenters. The van der Waals surface area contributed by atoms with Crippen molar-refractivity contribution in [3.63, 3.8) is 0 Å². The zero-order valence-electron chi connectivity index (χ0n) is 11.1. The average Bonchev–Trinajstić information content (AvgIpc) is 2.98. The molecule has 0 bridgehead atoms. The summed E-state index contributed by atoms with van der Waals surface area (Å²) < 4.78 is 0. The molecular formula is C14H18N4S. The van der Waals surface area contributed by atoms with Crippen molar-refractivity contribution in [3.05, 3.63) is 24.3 Å². The van der Waals surface area contributed by atoms with Gasteiger partial charge in [0.15, 0.2) is 0 Å². The normalized spacial score (nSPS) is 15.5. The Labute approximate surface area is 117 Å². The van der Waals surface area contributed by atoms with E-state index >= 15 is 0 Å². The van der Waals surface area contributed by atoms with Gasteiger partial charge in [0.05, 0.1) is 0 Å². The number of hydrogen-bond donors (Lipinski definition) is 1. The lowest BCUT2D eigenvalue weighted by Crippen LogP contribution is -2.29. The molecule has 100 valence electrons. The molecule has 0 saturated carbocycles. The van der Waals surface area contributed by atoms with E-state index in [1.165, 1.54) is 19.3 Å². The fourth-order valence-corrected chi connectivity index (χ4v) is 3.23. The number of benzene rings is 1. The van der Waals surface area contributed by atoms with Crippen LogP contribution in [0, 0.1) is 0 Å². The molecule has 1 aliphatic heterocycles. The molecule has 0 amide bonds. The molecule has 2 heterocycles. The van der Waals surface area contributed by atoms with Gasteiger partial charge in [0.2, 0.25) is 5.13 Å². The number of aromatic nitrogens is 2. The highest BCUT2D eigenvalue weighted by atomic mass is 32.1. The Kier molecular flexibility index (Phi) is 3.64. The molecule has 0 radical (unpaired) electrons. The van der Waals surface area contributed by atoms with Crippen molar-refractivity contribution in [2.75, 3.05) is 30.4 Å². The van der Waals surface area contributed by atoms with Crippen molar-refractivity contribution in [1.82, 2.24) is 10.2 Å². The van der Waals surface area contributed by atoms with Gasteiger partial charge in [0, 0.05) is 31.4 Å². The smallest absolute Gasteiger partial charge is 0.208 e. The van der Waals surface area contributed by atoms with Crippen molar-refractivity contribution in [2.24, 2.45) is 0 Å². The minimum Gasteiger partial charge on any atom is -0.388 e. The highest BCUT2D eigenvalue weighted by Gasteiger charge is 2.15. The fraction of sp³-hybridized carbons (Fsp3) is 0.429. The van der Waals surface area contributed by atoms with Crippen molar-refractivity contribution >= 4 is 22.2 Å². The summed E-state index contributed by atoms with van der Waals surface area (Å²) in [6.45, 7) is 2.24. The number of anilines is 2. The van der Waals surface area contributed by atoms with Crippen LogP contribution in [-0.4, -0.2) is 30.3 Å². The van der Waals surface area contributed by atoms with E-state index in [4.69, 9.17) is 0 Å². The van der Waals surface area contributed by atoms with Gasteiger partial charge in [0.25, 0.3) is 0 Å². The number of nitrogens with zero attached hydrogens (tertiary/aromatic N) is 3. The predicted molar refractivity (Wildman–Crippen MR) is 81.0 cm³/mol. The maximum absolute atomic E-state index is 4.34. The highest BCUT2D eigenvalue weighted by molar-refractivity contribution is 7.18. The van der Waals surface area contributed by atoms with Gasteiger partial charge in [-0.3, -0.25) is 0 Å². The number of nitrogens with one attached hydrogen (secondary N) is 1. The second kappa shape index (κ2) is 5.57. The summed E-state index contributed by atoms with van der Waals surface area (Å²) >= 11 is 1.69. The van der Waals surface area contributed by atoms with Crippen LogP contribution in [-0.2, 0) is 0 Å². The Morgan fingerprint density at radius 2 is 1.79 bits per heavy atom. The van der Waals surface area contributed by atoms with E-state index in [2.05, 4.69) is 44.7 Å². The van der Waals surface area contributed by atoms with Crippen LogP contribution in [0.25, 0.3) is 10.6 Å². The lowest BCUT2D eigenvalue weighted by molar-refractivity contribution is 0.575. The van der Waals surface area contributed by atoms with Crippen LogP contribution < -0.4 is 10.2 Å². The molecule has 0 aliphatic carbocycles. The lowest BCUT2D eigenvalue weighted by Gasteiger charge is -2.25. The van der Waals surface area contributed by atoms with Gasteiger partial charge in [-0.25, -0.2) is 0 Å². The summed E-state index contributed by atoms with van der Waals surface area (Å²) in [6.07, 6.45) is 3.88. The van der Waals surface area contributed by atoms with Crippen LogP contribution in [0.4, 0.5) is 10.8 Å². The van der Waals surface area contributed by atoms with Gasteiger partial charge in [-0.15, -0.1) is 10.2 Å². The van der Waals surface area contributed by atoms with Crippen molar-refractivity contribution in [1.29, 1.82) is 0 Å². The summed E-state index contributed by atoms with van der Waals surface area (Å²) in [5, 5.41) is 13.8. The number of hydrogen-bond acceptors (Lipinski definition) is 5. The molecule has 1 aromatic heterocycles. The van der Waals surface area contributed by atoms with Crippen LogP contribution in [0.1, 0.15) is 19.3 Å². The highest BCUT2D eigenvalue weighted by Crippen LogP contribution is 2.30. The van der Waals surface area contributed by atoms with Gasteiger partial charge in [-0.2, -0.15) is 0 Å². The van der Waals surface area contributed by atoms with Crippen molar-refractivity contribution in [3.8, 4) is 10.6 Å². The van der Waals surface area contributed by atoms with E-state index in [0.29, 0.717) is 0 Å². The molecule has 3 rings (SSSR count). The first-order valence-corrected chi connectivity index (χ1v) is 7.55. The summed E-state index contributed by atoms with van der Waals surface area (Å²) in [7, 11) is 1.93. The largest absolute Gasteiger partial charge is 0.388 e. The van der Waals surface area contributed by atoms with E-state index in [-0.39, 0.29) is 0 Å². The molecule has 5 heteroatoms. The third-order valence-corrected chi connectivity index (χ3v) is 4.49. The second-order valence-corrected chi connectivity index (χ2v) is 5.72. The molecule has 0 unspecified atom stereocenters. The Balaban J connectivity index is 1.79. The maximum atomic E-state index is 4.34. The molecular weight excluding hydrogens is 256 g/mol. The maximum Gasteiger partial charge on any atom is 0.208 e. The number of piperidine rings is 1. The van der Waals surface area contributed by atoms with Gasteiger partial charge in [-0.1, -0.05) is 11.3 Å². The van der Waals surface area contributed by atoms with Crippen LogP contribution >= 0.6 is 11.3 Å². The Bertz CT molecular complexity index is 529. The van der Waals surface area contributed by atoms with E-state index in [0.717, 1.165) is 34.5 Å². The fourth-order valence-electron chi connectivity index (χ4n) is 2.32. The van der Waals surface area contributed by atoms with Crippen LogP contribution in [0.3, 0.4) is 0 Å². The molecule has 2 aromatic rings. The third-order valence-electron chi connectivity index (χ3n) is 3.46.